The molecule has 1 heterocycles. The van der Waals surface area contributed by atoms with Crippen molar-refractivity contribution in [2.75, 3.05) is 6.54 Å². The summed E-state index contributed by atoms with van der Waals surface area (Å²) in [6.45, 7) is 2.86. The summed E-state index contributed by atoms with van der Waals surface area (Å²) in [7, 11) is 0. The topological polar surface area (TPSA) is 41.6 Å². The maximum Gasteiger partial charge on any atom is 0.276 e. The van der Waals surface area contributed by atoms with Crippen LogP contribution in [0, 0.1) is 5.82 Å². The summed E-state index contributed by atoms with van der Waals surface area (Å²) in [5.41, 5.74) is 2.00. The molecule has 3 rings (SSSR count). The van der Waals surface area contributed by atoms with Gasteiger partial charge in [-0.1, -0.05) is 35.0 Å². The lowest BCUT2D eigenvalue weighted by atomic mass is 10.1. The van der Waals surface area contributed by atoms with Gasteiger partial charge in [-0.15, -0.1) is 0 Å². The summed E-state index contributed by atoms with van der Waals surface area (Å²) in [4.78, 5) is 14.1. The predicted octanol–water partition coefficient (Wildman–Crippen LogP) is 4.63. The maximum absolute atomic E-state index is 13.0. The zero-order valence-corrected chi connectivity index (χ0v) is 17.1. The summed E-state index contributed by atoms with van der Waals surface area (Å²) in [6, 6.07) is 11.7. The van der Waals surface area contributed by atoms with Crippen LogP contribution in [-0.4, -0.2) is 22.5 Å². The second kappa shape index (κ2) is 8.63. The number of halogens is 2. The van der Waals surface area contributed by atoms with E-state index in [9.17, 15) is 9.18 Å². The van der Waals surface area contributed by atoms with Crippen molar-refractivity contribution in [3.63, 3.8) is 0 Å². The van der Waals surface area contributed by atoms with E-state index in [1.54, 1.807) is 23.1 Å². The van der Waals surface area contributed by atoms with Gasteiger partial charge < -0.3 is 10.1 Å². The van der Waals surface area contributed by atoms with Crippen molar-refractivity contribution in [2.45, 2.75) is 20.0 Å². The highest BCUT2D eigenvalue weighted by atomic mass is 79.9. The Bertz CT molecular complexity index is 899. The van der Waals surface area contributed by atoms with Crippen molar-refractivity contribution in [3.05, 3.63) is 69.6 Å². The van der Waals surface area contributed by atoms with Gasteiger partial charge in [0.05, 0.1) is 0 Å². The predicted molar refractivity (Wildman–Crippen MR) is 111 cm³/mol. The number of hydrogen-bond acceptors (Lipinski definition) is 3. The number of ether oxygens (including phenoxy) is 1. The monoisotopic (exact) mass is 448 g/mol. The van der Waals surface area contributed by atoms with Crippen molar-refractivity contribution < 1.29 is 13.9 Å². The third-order valence-electron chi connectivity index (χ3n) is 3.99. The number of amides is 1. The third-order valence-corrected chi connectivity index (χ3v) is 4.80. The first kappa shape index (κ1) is 19.5. The van der Waals surface area contributed by atoms with Gasteiger partial charge >= 0.3 is 0 Å². The molecule has 140 valence electrons. The van der Waals surface area contributed by atoms with Crippen LogP contribution in [0.1, 0.15) is 24.5 Å². The Labute approximate surface area is 171 Å². The van der Waals surface area contributed by atoms with Gasteiger partial charge in [-0.2, -0.15) is 0 Å². The minimum absolute atomic E-state index is 0.147. The van der Waals surface area contributed by atoms with Gasteiger partial charge in [0.15, 0.2) is 5.11 Å². The van der Waals surface area contributed by atoms with Crippen LogP contribution in [0.3, 0.4) is 0 Å². The number of nitrogens with zero attached hydrogens (tertiary/aromatic N) is 1. The SMILES string of the molecule is CCCN1C(=O)C(=Cc2cc(Br)ccc2OCc2ccc(F)cc2)NC1=S. The molecule has 1 N–H and O–H groups in total. The fraction of sp³-hybridized carbons (Fsp3) is 0.200. The number of rotatable bonds is 6. The number of carbonyl (C=O) groups is 1. The van der Waals surface area contributed by atoms with Crippen LogP contribution in [0.2, 0.25) is 0 Å². The Balaban J connectivity index is 1.83. The Morgan fingerprint density at radius 1 is 1.26 bits per heavy atom. The Morgan fingerprint density at radius 2 is 2.00 bits per heavy atom. The maximum atomic E-state index is 13.0. The quantitative estimate of drug-likeness (QED) is 0.516. The van der Waals surface area contributed by atoms with Crippen LogP contribution < -0.4 is 10.1 Å². The molecule has 27 heavy (non-hydrogen) atoms. The molecule has 1 fully saturated rings. The van der Waals surface area contributed by atoms with Crippen LogP contribution in [0.4, 0.5) is 4.39 Å². The molecule has 0 spiro atoms. The van der Waals surface area contributed by atoms with Gasteiger partial charge in [-0.3, -0.25) is 9.69 Å². The standard InChI is InChI=1S/C20H18BrFN2O2S/c1-2-9-24-19(25)17(23-20(24)27)11-14-10-15(21)5-8-18(14)26-12-13-3-6-16(22)7-4-13/h3-8,10-11H,2,9,12H2,1H3,(H,23,27). The minimum atomic E-state index is -0.286. The molecule has 0 aromatic heterocycles. The number of benzene rings is 2. The van der Waals surface area contributed by atoms with Crippen molar-refractivity contribution in [1.29, 1.82) is 0 Å². The number of thiocarbonyl (C=S) groups is 1. The molecule has 2 aromatic rings. The highest BCUT2D eigenvalue weighted by Crippen LogP contribution is 2.27. The van der Waals surface area contributed by atoms with Crippen LogP contribution in [0.5, 0.6) is 5.75 Å². The zero-order chi connectivity index (χ0) is 19.4. The molecule has 1 saturated heterocycles. The molecular formula is C20H18BrFN2O2S. The van der Waals surface area contributed by atoms with Gasteiger partial charge in [0.2, 0.25) is 0 Å². The molecule has 1 amide bonds. The van der Waals surface area contributed by atoms with Gasteiger partial charge in [-0.25, -0.2) is 4.39 Å². The van der Waals surface area contributed by atoms with Crippen LogP contribution in [0.25, 0.3) is 6.08 Å². The number of carbonyl (C=O) groups excluding carboxylic acids is 1. The minimum Gasteiger partial charge on any atom is -0.488 e. The summed E-state index contributed by atoms with van der Waals surface area (Å²) in [5, 5.41) is 3.38. The molecule has 4 nitrogen and oxygen atoms in total. The second-order valence-corrected chi connectivity index (χ2v) is 7.34. The Hall–Kier alpha value is -2.25. The molecule has 0 bridgehead atoms. The Morgan fingerprint density at radius 3 is 2.70 bits per heavy atom. The molecule has 2 aromatic carbocycles. The van der Waals surface area contributed by atoms with E-state index in [2.05, 4.69) is 21.2 Å². The van der Waals surface area contributed by atoms with Crippen LogP contribution in [0.15, 0.2) is 52.6 Å². The highest BCUT2D eigenvalue weighted by molar-refractivity contribution is 9.10. The molecule has 0 saturated carbocycles. The molecule has 0 radical (unpaired) electrons. The average Bonchev–Trinajstić information content (AvgIpc) is 2.90. The lowest BCUT2D eigenvalue weighted by Crippen LogP contribution is -2.31. The lowest BCUT2D eigenvalue weighted by Gasteiger charge is -2.11. The van der Waals surface area contributed by atoms with Gasteiger partial charge in [-0.05, 0) is 60.6 Å². The van der Waals surface area contributed by atoms with E-state index in [4.69, 9.17) is 17.0 Å². The highest BCUT2D eigenvalue weighted by Gasteiger charge is 2.29. The van der Waals surface area contributed by atoms with Crippen LogP contribution >= 0.6 is 28.1 Å². The first-order valence-corrected chi connectivity index (χ1v) is 9.69. The summed E-state index contributed by atoms with van der Waals surface area (Å²) in [5.74, 6) is 0.182. The van der Waals surface area contributed by atoms with Crippen LogP contribution in [-0.2, 0) is 11.4 Å². The Kier molecular flexibility index (Phi) is 6.23. The molecule has 0 atom stereocenters. The smallest absolute Gasteiger partial charge is 0.276 e. The summed E-state index contributed by atoms with van der Waals surface area (Å²) < 4.78 is 19.8. The van der Waals surface area contributed by atoms with Gasteiger partial charge in [0.25, 0.3) is 5.91 Å². The molecule has 7 heteroatoms. The molecule has 1 aliphatic rings. The van der Waals surface area contributed by atoms with Crippen molar-refractivity contribution >= 4 is 45.2 Å². The largest absolute Gasteiger partial charge is 0.488 e. The van der Waals surface area contributed by atoms with E-state index in [1.807, 2.05) is 25.1 Å². The normalized spacial score (nSPS) is 15.4. The number of hydrogen-bond donors (Lipinski definition) is 1. The van der Waals surface area contributed by atoms with Crippen molar-refractivity contribution in [3.8, 4) is 5.75 Å². The average molecular weight is 449 g/mol. The van der Waals surface area contributed by atoms with E-state index in [1.165, 1.54) is 12.1 Å². The molecule has 0 aliphatic carbocycles. The van der Waals surface area contributed by atoms with E-state index >= 15 is 0 Å². The lowest BCUT2D eigenvalue weighted by molar-refractivity contribution is -0.122. The van der Waals surface area contributed by atoms with E-state index < -0.39 is 0 Å². The van der Waals surface area contributed by atoms with E-state index in [0.29, 0.717) is 29.7 Å². The summed E-state index contributed by atoms with van der Waals surface area (Å²) >= 11 is 8.69. The second-order valence-electron chi connectivity index (χ2n) is 6.04. The molecular weight excluding hydrogens is 431 g/mol. The fourth-order valence-electron chi connectivity index (χ4n) is 2.66. The number of nitrogens with one attached hydrogen (secondary N) is 1. The summed E-state index contributed by atoms with van der Waals surface area (Å²) in [6.07, 6.45) is 2.55. The van der Waals surface area contributed by atoms with Crippen molar-refractivity contribution in [2.24, 2.45) is 0 Å². The first-order valence-electron chi connectivity index (χ1n) is 8.49. The first-order chi connectivity index (χ1) is 13.0. The van der Waals surface area contributed by atoms with Crippen molar-refractivity contribution in [1.82, 2.24) is 10.2 Å². The zero-order valence-electron chi connectivity index (χ0n) is 14.7. The third kappa shape index (κ3) is 4.73. The van der Waals surface area contributed by atoms with E-state index in [0.717, 1.165) is 22.0 Å². The molecule has 1 aliphatic heterocycles. The van der Waals surface area contributed by atoms with E-state index in [-0.39, 0.29) is 11.7 Å². The molecule has 0 unspecified atom stereocenters. The van der Waals surface area contributed by atoms with Gasteiger partial charge in [0, 0.05) is 16.6 Å². The fourth-order valence-corrected chi connectivity index (χ4v) is 3.32. The van der Waals surface area contributed by atoms with Gasteiger partial charge in [0.1, 0.15) is 23.9 Å².